The van der Waals surface area contributed by atoms with Crippen LogP contribution in [0.2, 0.25) is 0 Å². The van der Waals surface area contributed by atoms with Gasteiger partial charge in [-0.05, 0) is 58.2 Å². The molecule has 0 atom stereocenters. The van der Waals surface area contributed by atoms with Crippen LogP contribution in [0.1, 0.15) is 84.3 Å². The number of primary amides is 1. The van der Waals surface area contributed by atoms with Gasteiger partial charge < -0.3 is 20.8 Å². The van der Waals surface area contributed by atoms with Crippen molar-refractivity contribution in [3.05, 3.63) is 49.7 Å². The zero-order valence-corrected chi connectivity index (χ0v) is 18.9. The average molecular weight is 432 g/mol. The third-order valence-corrected chi connectivity index (χ3v) is 6.63. The Morgan fingerprint density at radius 2 is 1.97 bits per heavy atom. The van der Waals surface area contributed by atoms with Gasteiger partial charge in [0.2, 0.25) is 0 Å². The molecule has 0 fully saturated rings. The number of carbonyl (C=O) groups is 2. The molecule has 30 heavy (non-hydrogen) atoms. The standard InChI is InChI=1S/C22H29N3O4S/c1-6-7-8-12-9-10-13(18(27)24-12)19(28)25-20-15(17(23)26)14-11-21(2,3)29-22(4,5)16(14)30-20/h9-10H,6-8,11H2,1-5H3,(H2,23,26)(H,24,27)(H,25,28). The number of aromatic amines is 1. The van der Waals surface area contributed by atoms with Crippen molar-refractivity contribution in [2.24, 2.45) is 5.73 Å². The Morgan fingerprint density at radius 3 is 2.57 bits per heavy atom. The summed E-state index contributed by atoms with van der Waals surface area (Å²) >= 11 is 1.27. The van der Waals surface area contributed by atoms with E-state index < -0.39 is 28.6 Å². The molecule has 0 saturated carbocycles. The van der Waals surface area contributed by atoms with Crippen LogP contribution in [0, 0.1) is 0 Å². The summed E-state index contributed by atoms with van der Waals surface area (Å²) in [4.78, 5) is 41.1. The van der Waals surface area contributed by atoms with Gasteiger partial charge in [0.15, 0.2) is 0 Å². The number of H-pyrrole nitrogens is 1. The first kappa shape index (κ1) is 22.2. The number of pyridine rings is 1. The predicted molar refractivity (Wildman–Crippen MR) is 118 cm³/mol. The number of nitrogens with one attached hydrogen (secondary N) is 2. The first-order chi connectivity index (χ1) is 13.9. The molecule has 8 heteroatoms. The van der Waals surface area contributed by atoms with Crippen LogP contribution in [0.3, 0.4) is 0 Å². The largest absolute Gasteiger partial charge is 0.365 e. The highest BCUT2D eigenvalue weighted by molar-refractivity contribution is 7.17. The van der Waals surface area contributed by atoms with Crippen molar-refractivity contribution in [3.8, 4) is 0 Å². The molecule has 4 N–H and O–H groups in total. The van der Waals surface area contributed by atoms with Crippen molar-refractivity contribution in [3.63, 3.8) is 0 Å². The summed E-state index contributed by atoms with van der Waals surface area (Å²) in [7, 11) is 0. The number of hydrogen-bond acceptors (Lipinski definition) is 5. The third-order valence-electron chi connectivity index (χ3n) is 5.18. The zero-order valence-electron chi connectivity index (χ0n) is 18.1. The molecule has 2 amide bonds. The second-order valence-electron chi connectivity index (χ2n) is 8.81. The van der Waals surface area contributed by atoms with E-state index in [1.807, 2.05) is 27.7 Å². The van der Waals surface area contributed by atoms with E-state index in [4.69, 9.17) is 10.5 Å². The van der Waals surface area contributed by atoms with Gasteiger partial charge in [0.1, 0.15) is 10.6 Å². The van der Waals surface area contributed by atoms with E-state index in [9.17, 15) is 14.4 Å². The van der Waals surface area contributed by atoms with Crippen LogP contribution in [0.25, 0.3) is 0 Å². The summed E-state index contributed by atoms with van der Waals surface area (Å²) in [5.74, 6) is -1.18. The number of rotatable bonds is 6. The van der Waals surface area contributed by atoms with Gasteiger partial charge in [0.25, 0.3) is 17.4 Å². The fourth-order valence-corrected chi connectivity index (χ4v) is 5.30. The van der Waals surface area contributed by atoms with E-state index in [1.165, 1.54) is 17.4 Å². The number of amides is 2. The maximum absolute atomic E-state index is 12.8. The lowest BCUT2D eigenvalue weighted by atomic mass is 9.86. The quantitative estimate of drug-likeness (QED) is 0.647. The lowest BCUT2D eigenvalue weighted by molar-refractivity contribution is -0.135. The van der Waals surface area contributed by atoms with Crippen LogP contribution < -0.4 is 16.6 Å². The molecule has 3 rings (SSSR count). The number of ether oxygens (including phenoxy) is 1. The van der Waals surface area contributed by atoms with E-state index >= 15 is 0 Å². The number of carbonyl (C=O) groups excluding carboxylic acids is 2. The summed E-state index contributed by atoms with van der Waals surface area (Å²) < 4.78 is 6.18. The molecule has 1 aliphatic heterocycles. The summed E-state index contributed by atoms with van der Waals surface area (Å²) in [6.45, 7) is 9.85. The molecule has 0 spiro atoms. The molecule has 7 nitrogen and oxygen atoms in total. The Balaban J connectivity index is 1.96. The van der Waals surface area contributed by atoms with Crippen LogP contribution in [0.4, 0.5) is 5.00 Å². The number of aryl methyl sites for hydroxylation is 1. The van der Waals surface area contributed by atoms with Crippen LogP contribution in [0.5, 0.6) is 0 Å². The number of hydrogen-bond donors (Lipinski definition) is 3. The molecular formula is C22H29N3O4S. The molecule has 0 saturated heterocycles. The molecule has 1 aliphatic rings. The van der Waals surface area contributed by atoms with Crippen molar-refractivity contribution >= 4 is 28.2 Å². The molecule has 0 bridgehead atoms. The van der Waals surface area contributed by atoms with Gasteiger partial charge in [0, 0.05) is 17.0 Å². The lowest BCUT2D eigenvalue weighted by Crippen LogP contribution is -2.42. The van der Waals surface area contributed by atoms with Gasteiger partial charge in [-0.2, -0.15) is 0 Å². The summed E-state index contributed by atoms with van der Waals surface area (Å²) in [5, 5.41) is 3.09. The van der Waals surface area contributed by atoms with Crippen molar-refractivity contribution in [1.29, 1.82) is 0 Å². The fourth-order valence-electron chi connectivity index (χ4n) is 4.04. The average Bonchev–Trinajstić information content (AvgIpc) is 2.96. The van der Waals surface area contributed by atoms with Gasteiger partial charge in [-0.3, -0.25) is 14.4 Å². The molecule has 2 aromatic rings. The van der Waals surface area contributed by atoms with Gasteiger partial charge in [-0.1, -0.05) is 13.3 Å². The highest BCUT2D eigenvalue weighted by Crippen LogP contribution is 2.48. The smallest absolute Gasteiger partial charge is 0.261 e. The molecule has 0 radical (unpaired) electrons. The molecule has 2 aromatic heterocycles. The zero-order chi connectivity index (χ0) is 22.3. The number of unbranched alkanes of at least 4 members (excludes halogenated alkanes) is 1. The van der Waals surface area contributed by atoms with Gasteiger partial charge in [-0.25, -0.2) is 0 Å². The maximum Gasteiger partial charge on any atom is 0.261 e. The van der Waals surface area contributed by atoms with Gasteiger partial charge >= 0.3 is 0 Å². The van der Waals surface area contributed by atoms with E-state index in [0.29, 0.717) is 17.0 Å². The highest BCUT2D eigenvalue weighted by atomic mass is 32.1. The van der Waals surface area contributed by atoms with Crippen LogP contribution in [-0.4, -0.2) is 22.4 Å². The van der Waals surface area contributed by atoms with Crippen molar-refractivity contribution in [2.75, 3.05) is 5.32 Å². The normalized spacial score (nSPS) is 16.7. The van der Waals surface area contributed by atoms with Crippen molar-refractivity contribution in [1.82, 2.24) is 4.98 Å². The van der Waals surface area contributed by atoms with Crippen LogP contribution >= 0.6 is 11.3 Å². The minimum atomic E-state index is -0.632. The Morgan fingerprint density at radius 1 is 1.27 bits per heavy atom. The Hall–Kier alpha value is -2.45. The molecule has 0 unspecified atom stereocenters. The van der Waals surface area contributed by atoms with E-state index in [0.717, 1.165) is 35.4 Å². The van der Waals surface area contributed by atoms with E-state index in [1.54, 1.807) is 6.07 Å². The molecule has 0 aromatic carbocycles. The van der Waals surface area contributed by atoms with Crippen molar-refractivity contribution < 1.29 is 14.3 Å². The second kappa shape index (κ2) is 8.00. The summed E-state index contributed by atoms with van der Waals surface area (Å²) in [6, 6.07) is 3.27. The Labute approximate surface area is 180 Å². The Bertz CT molecular complexity index is 1050. The minimum Gasteiger partial charge on any atom is -0.365 e. The monoisotopic (exact) mass is 431 g/mol. The predicted octanol–water partition coefficient (Wildman–Crippen LogP) is 3.72. The first-order valence-electron chi connectivity index (χ1n) is 10.1. The molecule has 0 aliphatic carbocycles. The van der Waals surface area contributed by atoms with E-state index in [-0.39, 0.29) is 5.56 Å². The third kappa shape index (κ3) is 4.34. The molecule has 162 valence electrons. The molecular weight excluding hydrogens is 402 g/mol. The summed E-state index contributed by atoms with van der Waals surface area (Å²) in [5.41, 5.74) is 6.00. The van der Waals surface area contributed by atoms with Crippen LogP contribution in [0.15, 0.2) is 16.9 Å². The number of nitrogens with two attached hydrogens (primary N) is 1. The first-order valence-corrected chi connectivity index (χ1v) is 11.0. The van der Waals surface area contributed by atoms with Gasteiger partial charge in [0.05, 0.1) is 16.8 Å². The van der Waals surface area contributed by atoms with E-state index in [2.05, 4.69) is 17.2 Å². The fraction of sp³-hybridized carbons (Fsp3) is 0.500. The summed E-state index contributed by atoms with van der Waals surface area (Å²) in [6.07, 6.45) is 3.23. The number of anilines is 1. The van der Waals surface area contributed by atoms with Crippen molar-refractivity contribution in [2.45, 2.75) is 71.5 Å². The van der Waals surface area contributed by atoms with Crippen LogP contribution in [-0.2, 0) is 23.2 Å². The maximum atomic E-state index is 12.8. The topological polar surface area (TPSA) is 114 Å². The minimum absolute atomic E-state index is 0.00659. The molecule has 3 heterocycles. The SMILES string of the molecule is CCCCc1ccc(C(=O)Nc2sc3c(c2C(N)=O)CC(C)(C)OC3(C)C)c(=O)[nH]1. The lowest BCUT2D eigenvalue weighted by Gasteiger charge is -2.41. The number of aromatic nitrogens is 1. The highest BCUT2D eigenvalue weighted by Gasteiger charge is 2.43. The second-order valence-corrected chi connectivity index (χ2v) is 9.83. The van der Waals surface area contributed by atoms with Gasteiger partial charge in [-0.15, -0.1) is 11.3 Å². The number of thiophene rings is 1. The Kier molecular flexibility index (Phi) is 5.93. The number of fused-ring (bicyclic) bond motifs is 1.